The summed E-state index contributed by atoms with van der Waals surface area (Å²) in [6.45, 7) is 6.99. The molecule has 0 radical (unpaired) electrons. The summed E-state index contributed by atoms with van der Waals surface area (Å²) in [6.07, 6.45) is 1.58. The SMILES string of the molecule is CC(=O)N/N=C/c1cc(C)c(O)c(C)c1C. The van der Waals surface area contributed by atoms with Crippen molar-refractivity contribution in [2.24, 2.45) is 5.10 Å². The number of aromatic hydroxyl groups is 1. The van der Waals surface area contributed by atoms with Crippen molar-refractivity contribution in [2.75, 3.05) is 0 Å². The highest BCUT2D eigenvalue weighted by atomic mass is 16.3. The van der Waals surface area contributed by atoms with Crippen LogP contribution >= 0.6 is 0 Å². The summed E-state index contributed by atoms with van der Waals surface area (Å²) >= 11 is 0. The minimum Gasteiger partial charge on any atom is -0.507 e. The van der Waals surface area contributed by atoms with Gasteiger partial charge in [0, 0.05) is 6.92 Å². The fourth-order valence-corrected chi connectivity index (χ4v) is 1.43. The number of hydrogen-bond donors (Lipinski definition) is 2. The molecule has 0 bridgehead atoms. The Hall–Kier alpha value is -1.84. The molecule has 0 aliphatic heterocycles. The average molecular weight is 220 g/mol. The molecule has 0 unspecified atom stereocenters. The van der Waals surface area contributed by atoms with E-state index in [1.165, 1.54) is 6.92 Å². The number of hydrazone groups is 1. The van der Waals surface area contributed by atoms with Crippen LogP contribution < -0.4 is 5.43 Å². The van der Waals surface area contributed by atoms with Gasteiger partial charge < -0.3 is 5.11 Å². The van der Waals surface area contributed by atoms with E-state index in [1.54, 1.807) is 6.21 Å². The van der Waals surface area contributed by atoms with Gasteiger partial charge in [0.15, 0.2) is 0 Å². The number of phenolic OH excluding ortho intramolecular Hbond substituents is 1. The molecule has 1 aromatic carbocycles. The lowest BCUT2D eigenvalue weighted by Crippen LogP contribution is -2.12. The van der Waals surface area contributed by atoms with Gasteiger partial charge in [-0.2, -0.15) is 5.10 Å². The molecule has 0 saturated heterocycles. The molecule has 0 aliphatic rings. The Morgan fingerprint density at radius 3 is 2.56 bits per heavy atom. The molecule has 0 fully saturated rings. The van der Waals surface area contributed by atoms with Crippen molar-refractivity contribution in [3.8, 4) is 5.75 Å². The van der Waals surface area contributed by atoms with Crippen LogP contribution in [0.15, 0.2) is 11.2 Å². The van der Waals surface area contributed by atoms with Gasteiger partial charge in [0.25, 0.3) is 0 Å². The van der Waals surface area contributed by atoms with Gasteiger partial charge >= 0.3 is 0 Å². The first-order valence-electron chi connectivity index (χ1n) is 5.03. The molecule has 4 heteroatoms. The third-order valence-corrected chi connectivity index (χ3v) is 2.52. The molecule has 0 aliphatic carbocycles. The van der Waals surface area contributed by atoms with Crippen molar-refractivity contribution >= 4 is 12.1 Å². The number of rotatable bonds is 2. The van der Waals surface area contributed by atoms with E-state index >= 15 is 0 Å². The lowest BCUT2D eigenvalue weighted by molar-refractivity contribution is -0.118. The summed E-state index contributed by atoms with van der Waals surface area (Å²) in [6, 6.07) is 1.84. The Morgan fingerprint density at radius 1 is 1.38 bits per heavy atom. The Bertz CT molecular complexity index is 451. The van der Waals surface area contributed by atoms with Gasteiger partial charge in [-0.25, -0.2) is 5.43 Å². The van der Waals surface area contributed by atoms with Gasteiger partial charge in [0.1, 0.15) is 5.75 Å². The molecule has 1 amide bonds. The zero-order chi connectivity index (χ0) is 12.3. The second-order valence-corrected chi connectivity index (χ2v) is 3.81. The largest absolute Gasteiger partial charge is 0.507 e. The molecule has 0 spiro atoms. The Kier molecular flexibility index (Phi) is 3.66. The second kappa shape index (κ2) is 4.79. The van der Waals surface area contributed by atoms with Crippen molar-refractivity contribution in [1.82, 2.24) is 5.43 Å². The summed E-state index contributed by atoms with van der Waals surface area (Å²) in [5, 5.41) is 13.5. The predicted molar refractivity (Wildman–Crippen MR) is 63.7 cm³/mol. The van der Waals surface area contributed by atoms with Gasteiger partial charge in [-0.3, -0.25) is 4.79 Å². The zero-order valence-electron chi connectivity index (χ0n) is 9.96. The Morgan fingerprint density at radius 2 is 2.00 bits per heavy atom. The van der Waals surface area contributed by atoms with Crippen LogP contribution in [0, 0.1) is 20.8 Å². The van der Waals surface area contributed by atoms with Crippen molar-refractivity contribution in [3.63, 3.8) is 0 Å². The van der Waals surface area contributed by atoms with E-state index in [0.717, 1.165) is 22.3 Å². The van der Waals surface area contributed by atoms with Crippen LogP contribution in [0.2, 0.25) is 0 Å². The standard InChI is InChI=1S/C12H16N2O2/c1-7-5-11(6-13-14-10(4)15)8(2)9(3)12(7)16/h5-6,16H,1-4H3,(H,14,15)/b13-6+. The van der Waals surface area contributed by atoms with Gasteiger partial charge in [0.05, 0.1) is 6.21 Å². The molecule has 16 heavy (non-hydrogen) atoms. The molecule has 1 rings (SSSR count). The van der Waals surface area contributed by atoms with E-state index in [1.807, 2.05) is 26.8 Å². The molecule has 86 valence electrons. The summed E-state index contributed by atoms with van der Waals surface area (Å²) in [5.74, 6) is 0.107. The maximum atomic E-state index is 10.6. The maximum Gasteiger partial charge on any atom is 0.236 e. The summed E-state index contributed by atoms with van der Waals surface area (Å²) < 4.78 is 0. The lowest BCUT2D eigenvalue weighted by atomic mass is 9.99. The van der Waals surface area contributed by atoms with Crippen LogP contribution in [-0.2, 0) is 4.79 Å². The normalized spacial score (nSPS) is 10.8. The van der Waals surface area contributed by atoms with Crippen LogP contribution in [0.25, 0.3) is 0 Å². The van der Waals surface area contributed by atoms with E-state index in [-0.39, 0.29) is 5.91 Å². The van der Waals surface area contributed by atoms with Crippen molar-refractivity contribution < 1.29 is 9.90 Å². The molecule has 1 aromatic rings. The number of phenols is 1. The van der Waals surface area contributed by atoms with Crippen LogP contribution in [-0.4, -0.2) is 17.2 Å². The highest BCUT2D eigenvalue weighted by molar-refractivity contribution is 5.84. The molecule has 4 nitrogen and oxygen atoms in total. The molecule has 0 heterocycles. The summed E-state index contributed by atoms with van der Waals surface area (Å²) in [5.41, 5.74) is 5.82. The topological polar surface area (TPSA) is 61.7 Å². The van der Waals surface area contributed by atoms with E-state index < -0.39 is 0 Å². The molecule has 0 saturated carbocycles. The van der Waals surface area contributed by atoms with E-state index in [4.69, 9.17) is 0 Å². The Balaban J connectivity index is 3.06. The first kappa shape index (κ1) is 12.2. The third-order valence-electron chi connectivity index (χ3n) is 2.52. The molecular weight excluding hydrogens is 204 g/mol. The zero-order valence-corrected chi connectivity index (χ0v) is 9.96. The number of carbonyl (C=O) groups excluding carboxylic acids is 1. The number of amides is 1. The molecule has 2 N–H and O–H groups in total. The molecule has 0 atom stereocenters. The summed E-state index contributed by atoms with van der Waals surface area (Å²) in [4.78, 5) is 10.6. The maximum absolute atomic E-state index is 10.6. The fraction of sp³-hybridized carbons (Fsp3) is 0.333. The third kappa shape index (κ3) is 2.59. The van der Waals surface area contributed by atoms with Gasteiger partial charge in [0.2, 0.25) is 5.91 Å². The molecule has 0 aromatic heterocycles. The number of benzene rings is 1. The number of nitrogens with zero attached hydrogens (tertiary/aromatic N) is 1. The van der Waals surface area contributed by atoms with Crippen LogP contribution in [0.4, 0.5) is 0 Å². The monoisotopic (exact) mass is 220 g/mol. The first-order valence-corrected chi connectivity index (χ1v) is 5.03. The predicted octanol–water partition coefficient (Wildman–Crippen LogP) is 1.79. The van der Waals surface area contributed by atoms with E-state index in [2.05, 4.69) is 10.5 Å². The first-order chi connectivity index (χ1) is 7.43. The highest BCUT2D eigenvalue weighted by Gasteiger charge is 2.07. The quantitative estimate of drug-likeness (QED) is 0.589. The van der Waals surface area contributed by atoms with Crippen molar-refractivity contribution in [1.29, 1.82) is 0 Å². The highest BCUT2D eigenvalue weighted by Crippen LogP contribution is 2.26. The average Bonchev–Trinajstić information content (AvgIpc) is 2.22. The van der Waals surface area contributed by atoms with Gasteiger partial charge in [-0.15, -0.1) is 0 Å². The lowest BCUT2D eigenvalue weighted by Gasteiger charge is -2.09. The number of hydrogen-bond acceptors (Lipinski definition) is 3. The smallest absolute Gasteiger partial charge is 0.236 e. The Labute approximate surface area is 95.0 Å². The van der Waals surface area contributed by atoms with Gasteiger partial charge in [-0.05, 0) is 49.1 Å². The summed E-state index contributed by atoms with van der Waals surface area (Å²) in [7, 11) is 0. The van der Waals surface area contributed by atoms with Crippen molar-refractivity contribution in [2.45, 2.75) is 27.7 Å². The number of carbonyl (C=O) groups is 1. The van der Waals surface area contributed by atoms with Crippen LogP contribution in [0.5, 0.6) is 5.75 Å². The van der Waals surface area contributed by atoms with Gasteiger partial charge in [-0.1, -0.05) is 0 Å². The van der Waals surface area contributed by atoms with Crippen LogP contribution in [0.3, 0.4) is 0 Å². The minimum atomic E-state index is -0.207. The van der Waals surface area contributed by atoms with E-state index in [9.17, 15) is 9.90 Å². The van der Waals surface area contributed by atoms with E-state index in [0.29, 0.717) is 5.75 Å². The minimum absolute atomic E-state index is 0.207. The van der Waals surface area contributed by atoms with Crippen molar-refractivity contribution in [3.05, 3.63) is 28.3 Å². The van der Waals surface area contributed by atoms with Crippen LogP contribution in [0.1, 0.15) is 29.2 Å². The number of nitrogens with one attached hydrogen (secondary N) is 1. The number of aryl methyl sites for hydroxylation is 1. The second-order valence-electron chi connectivity index (χ2n) is 3.81. The molecular formula is C12H16N2O2. The fourth-order valence-electron chi connectivity index (χ4n) is 1.43.